The summed E-state index contributed by atoms with van der Waals surface area (Å²) in [6, 6.07) is 8.12. The highest BCUT2D eigenvalue weighted by atomic mass is 15.2. The lowest BCUT2D eigenvalue weighted by Gasteiger charge is -2.21. The van der Waals surface area contributed by atoms with E-state index in [0.29, 0.717) is 0 Å². The van der Waals surface area contributed by atoms with Gasteiger partial charge in [-0.3, -0.25) is 4.98 Å². The van der Waals surface area contributed by atoms with Gasteiger partial charge in [0.15, 0.2) is 0 Å². The molecule has 2 aromatic heterocycles. The molecule has 0 unspecified atom stereocenters. The first kappa shape index (κ1) is 12.5. The molecule has 1 N–H and O–H groups in total. The highest BCUT2D eigenvalue weighted by molar-refractivity contribution is 5.46. The van der Waals surface area contributed by atoms with E-state index in [0.717, 1.165) is 18.9 Å². The van der Waals surface area contributed by atoms with Gasteiger partial charge in [0.25, 0.3) is 0 Å². The van der Waals surface area contributed by atoms with Crippen molar-refractivity contribution in [1.29, 1.82) is 0 Å². The van der Waals surface area contributed by atoms with Crippen LogP contribution in [0.1, 0.15) is 11.1 Å². The van der Waals surface area contributed by atoms with Gasteiger partial charge in [-0.2, -0.15) is 0 Å². The summed E-state index contributed by atoms with van der Waals surface area (Å²) in [5, 5.41) is 3.17. The maximum Gasteiger partial charge on any atom is 0.133 e. The second-order valence-corrected chi connectivity index (χ2v) is 4.23. The Bertz CT molecular complexity index is 484. The van der Waals surface area contributed by atoms with Gasteiger partial charge in [0.05, 0.1) is 0 Å². The van der Waals surface area contributed by atoms with Gasteiger partial charge in [0.2, 0.25) is 0 Å². The Morgan fingerprint density at radius 2 is 1.94 bits per heavy atom. The second-order valence-electron chi connectivity index (χ2n) is 4.23. The molecule has 4 heteroatoms. The smallest absolute Gasteiger partial charge is 0.133 e. The molecule has 0 aliphatic carbocycles. The van der Waals surface area contributed by atoms with Crippen molar-refractivity contribution < 1.29 is 0 Å². The third-order valence-corrected chi connectivity index (χ3v) is 2.77. The molecule has 0 radical (unpaired) electrons. The minimum atomic E-state index is 0.823. The molecule has 0 bridgehead atoms. The number of nitrogens with one attached hydrogen (secondary N) is 1. The van der Waals surface area contributed by atoms with E-state index < -0.39 is 0 Å². The largest absolute Gasteiger partial charge is 0.355 e. The highest BCUT2D eigenvalue weighted by Crippen LogP contribution is 2.17. The van der Waals surface area contributed by atoms with Crippen LogP contribution in [0, 0.1) is 0 Å². The van der Waals surface area contributed by atoms with Crippen molar-refractivity contribution in [1.82, 2.24) is 15.3 Å². The maximum atomic E-state index is 4.46. The van der Waals surface area contributed by atoms with Crippen molar-refractivity contribution in [3.8, 4) is 0 Å². The molecular weight excluding hydrogens is 224 g/mol. The summed E-state index contributed by atoms with van der Waals surface area (Å²) in [5.74, 6) is 1.02. The van der Waals surface area contributed by atoms with Crippen LogP contribution in [0.15, 0.2) is 42.9 Å². The van der Waals surface area contributed by atoms with Gasteiger partial charge < -0.3 is 10.2 Å². The van der Waals surface area contributed by atoms with Crippen molar-refractivity contribution in [2.75, 3.05) is 19.0 Å². The summed E-state index contributed by atoms with van der Waals surface area (Å²) < 4.78 is 0. The standard InChI is InChI=1S/C14H18N4/c1-15-10-13-4-3-7-17-14(13)18(2)11-12-5-8-16-9-6-12/h3-9,15H,10-11H2,1-2H3. The van der Waals surface area contributed by atoms with E-state index in [4.69, 9.17) is 0 Å². The Morgan fingerprint density at radius 1 is 1.17 bits per heavy atom. The van der Waals surface area contributed by atoms with E-state index in [-0.39, 0.29) is 0 Å². The SMILES string of the molecule is CNCc1cccnc1N(C)Cc1ccncc1. The molecule has 0 aliphatic rings. The molecule has 0 aliphatic heterocycles. The number of hydrogen-bond donors (Lipinski definition) is 1. The van der Waals surface area contributed by atoms with Crippen molar-refractivity contribution in [2.45, 2.75) is 13.1 Å². The van der Waals surface area contributed by atoms with Gasteiger partial charge in [-0.15, -0.1) is 0 Å². The average Bonchev–Trinajstić information content (AvgIpc) is 2.41. The molecule has 0 aromatic carbocycles. The summed E-state index contributed by atoms with van der Waals surface area (Å²) in [6.45, 7) is 1.65. The minimum absolute atomic E-state index is 0.823. The van der Waals surface area contributed by atoms with Gasteiger partial charge >= 0.3 is 0 Å². The number of hydrogen-bond acceptors (Lipinski definition) is 4. The van der Waals surface area contributed by atoms with Crippen molar-refractivity contribution in [2.24, 2.45) is 0 Å². The number of rotatable bonds is 5. The van der Waals surface area contributed by atoms with Crippen molar-refractivity contribution >= 4 is 5.82 Å². The topological polar surface area (TPSA) is 41.1 Å². The number of nitrogens with zero attached hydrogens (tertiary/aromatic N) is 3. The van der Waals surface area contributed by atoms with Crippen LogP contribution in [0.25, 0.3) is 0 Å². The van der Waals surface area contributed by atoms with Gasteiger partial charge in [-0.25, -0.2) is 4.98 Å². The molecule has 0 saturated carbocycles. The van der Waals surface area contributed by atoms with Gasteiger partial charge in [0.1, 0.15) is 5.82 Å². The van der Waals surface area contributed by atoms with E-state index in [1.165, 1.54) is 11.1 Å². The fourth-order valence-corrected chi connectivity index (χ4v) is 1.94. The quantitative estimate of drug-likeness (QED) is 0.868. The Kier molecular flexibility index (Phi) is 4.25. The first-order valence-electron chi connectivity index (χ1n) is 6.00. The number of aromatic nitrogens is 2. The van der Waals surface area contributed by atoms with E-state index in [1.54, 1.807) is 0 Å². The number of anilines is 1. The van der Waals surface area contributed by atoms with Crippen LogP contribution >= 0.6 is 0 Å². The fraction of sp³-hybridized carbons (Fsp3) is 0.286. The van der Waals surface area contributed by atoms with E-state index in [2.05, 4.69) is 33.3 Å². The minimum Gasteiger partial charge on any atom is -0.355 e. The average molecular weight is 242 g/mol. The summed E-state index contributed by atoms with van der Waals surface area (Å²) in [7, 11) is 4.00. The van der Waals surface area contributed by atoms with Crippen LogP contribution < -0.4 is 10.2 Å². The molecule has 18 heavy (non-hydrogen) atoms. The van der Waals surface area contributed by atoms with Crippen molar-refractivity contribution in [3.05, 3.63) is 54.0 Å². The normalized spacial score (nSPS) is 10.3. The predicted octanol–water partition coefficient (Wildman–Crippen LogP) is 1.83. The van der Waals surface area contributed by atoms with Crippen LogP contribution in [0.3, 0.4) is 0 Å². The summed E-state index contributed by atoms with van der Waals surface area (Å²) in [6.07, 6.45) is 5.46. The zero-order valence-electron chi connectivity index (χ0n) is 10.8. The molecular formula is C14H18N4. The van der Waals surface area contributed by atoms with Gasteiger partial charge in [0, 0.05) is 44.3 Å². The first-order valence-corrected chi connectivity index (χ1v) is 6.00. The molecule has 4 nitrogen and oxygen atoms in total. The monoisotopic (exact) mass is 242 g/mol. The Balaban J connectivity index is 2.16. The zero-order valence-corrected chi connectivity index (χ0v) is 10.8. The summed E-state index contributed by atoms with van der Waals surface area (Å²) >= 11 is 0. The molecule has 94 valence electrons. The Labute approximate surface area is 108 Å². The van der Waals surface area contributed by atoms with Gasteiger partial charge in [-0.1, -0.05) is 6.07 Å². The summed E-state index contributed by atoms with van der Waals surface area (Å²) in [5.41, 5.74) is 2.44. The Hall–Kier alpha value is -1.94. The molecule has 2 heterocycles. The zero-order chi connectivity index (χ0) is 12.8. The lowest BCUT2D eigenvalue weighted by atomic mass is 10.2. The fourth-order valence-electron chi connectivity index (χ4n) is 1.94. The van der Waals surface area contributed by atoms with Crippen molar-refractivity contribution in [3.63, 3.8) is 0 Å². The predicted molar refractivity (Wildman–Crippen MR) is 73.3 cm³/mol. The van der Waals surface area contributed by atoms with Crippen LogP contribution in [0.4, 0.5) is 5.82 Å². The lowest BCUT2D eigenvalue weighted by molar-refractivity contribution is 0.795. The van der Waals surface area contributed by atoms with E-state index >= 15 is 0 Å². The molecule has 0 fully saturated rings. The van der Waals surface area contributed by atoms with E-state index in [1.807, 2.05) is 43.8 Å². The summed E-state index contributed by atoms with van der Waals surface area (Å²) in [4.78, 5) is 10.6. The Morgan fingerprint density at radius 3 is 2.67 bits per heavy atom. The maximum absolute atomic E-state index is 4.46. The van der Waals surface area contributed by atoms with Crippen LogP contribution in [0.5, 0.6) is 0 Å². The van der Waals surface area contributed by atoms with Crippen LogP contribution in [0.2, 0.25) is 0 Å². The lowest BCUT2D eigenvalue weighted by Crippen LogP contribution is -2.20. The third kappa shape index (κ3) is 3.05. The molecule has 0 saturated heterocycles. The van der Waals surface area contributed by atoms with Crippen LogP contribution in [-0.4, -0.2) is 24.1 Å². The second kappa shape index (κ2) is 6.12. The first-order chi connectivity index (χ1) is 8.81. The molecule has 0 amide bonds. The highest BCUT2D eigenvalue weighted by Gasteiger charge is 2.08. The third-order valence-electron chi connectivity index (χ3n) is 2.77. The van der Waals surface area contributed by atoms with E-state index in [9.17, 15) is 0 Å². The van der Waals surface area contributed by atoms with Crippen LogP contribution in [-0.2, 0) is 13.1 Å². The molecule has 0 spiro atoms. The molecule has 2 rings (SSSR count). The van der Waals surface area contributed by atoms with Gasteiger partial charge in [-0.05, 0) is 30.8 Å². The molecule has 0 atom stereocenters. The number of pyridine rings is 2. The molecule has 2 aromatic rings.